The zero-order valence-electron chi connectivity index (χ0n) is 11.3. The van der Waals surface area contributed by atoms with E-state index in [2.05, 4.69) is 0 Å². The largest absolute Gasteiger partial charge is 0.504 e. The van der Waals surface area contributed by atoms with Gasteiger partial charge in [0.1, 0.15) is 0 Å². The van der Waals surface area contributed by atoms with Crippen LogP contribution in [0.25, 0.3) is 0 Å². The van der Waals surface area contributed by atoms with E-state index in [1.807, 2.05) is 41.5 Å². The molecule has 2 N–H and O–H groups in total. The summed E-state index contributed by atoms with van der Waals surface area (Å²) in [5, 5.41) is 20.7. The van der Waals surface area contributed by atoms with E-state index >= 15 is 0 Å². The third kappa shape index (κ3) is 2.68. The van der Waals surface area contributed by atoms with Gasteiger partial charge in [-0.15, -0.1) is 0 Å². The van der Waals surface area contributed by atoms with E-state index < -0.39 is 0 Å². The number of phenols is 2. The third-order valence-corrected chi connectivity index (χ3v) is 3.08. The Bertz CT molecular complexity index is 437. The molecule has 0 heterocycles. The molecule has 1 aromatic rings. The van der Waals surface area contributed by atoms with Crippen molar-refractivity contribution in [2.75, 3.05) is 0 Å². The topological polar surface area (TPSA) is 40.5 Å². The first-order chi connectivity index (χ1) is 7.46. The Balaban J connectivity index is 3.60. The number of phenolic OH excluding ortho intramolecular Hbond substituents is 2. The fraction of sp³-hybridized carbons (Fsp3) is 0.571. The van der Waals surface area contributed by atoms with E-state index in [1.165, 1.54) is 0 Å². The Labute approximate surface area is 108 Å². The zero-order chi connectivity index (χ0) is 13.6. The van der Waals surface area contributed by atoms with Crippen LogP contribution in [0.5, 0.6) is 11.5 Å². The minimum Gasteiger partial charge on any atom is -0.504 e. The Kier molecular flexibility index (Phi) is 3.41. The predicted molar refractivity (Wildman–Crippen MR) is 72.2 cm³/mol. The second-order valence-corrected chi connectivity index (χ2v) is 6.89. The van der Waals surface area contributed by atoms with Gasteiger partial charge in [0.05, 0.1) is 0 Å². The summed E-state index contributed by atoms with van der Waals surface area (Å²) >= 11 is 6.23. The van der Waals surface area contributed by atoms with Crippen LogP contribution in [0.4, 0.5) is 0 Å². The van der Waals surface area contributed by atoms with Gasteiger partial charge >= 0.3 is 0 Å². The Morgan fingerprint density at radius 1 is 0.882 bits per heavy atom. The van der Waals surface area contributed by atoms with Gasteiger partial charge in [-0.05, 0) is 16.9 Å². The van der Waals surface area contributed by atoms with Crippen molar-refractivity contribution >= 4 is 11.6 Å². The van der Waals surface area contributed by atoms with Crippen LogP contribution in [0.3, 0.4) is 0 Å². The lowest BCUT2D eigenvalue weighted by molar-refractivity contribution is 0.376. The molecule has 1 aromatic carbocycles. The van der Waals surface area contributed by atoms with Gasteiger partial charge in [-0.2, -0.15) is 0 Å². The van der Waals surface area contributed by atoms with E-state index in [1.54, 1.807) is 6.07 Å². The van der Waals surface area contributed by atoms with Gasteiger partial charge in [-0.3, -0.25) is 0 Å². The second-order valence-electron chi connectivity index (χ2n) is 6.48. The summed E-state index contributed by atoms with van der Waals surface area (Å²) in [6.07, 6.45) is 0. The van der Waals surface area contributed by atoms with Crippen LogP contribution < -0.4 is 0 Å². The summed E-state index contributed by atoms with van der Waals surface area (Å²) in [6, 6.07) is 1.75. The molecule has 0 aliphatic rings. The fourth-order valence-corrected chi connectivity index (χ4v) is 2.39. The molecule has 0 saturated carbocycles. The van der Waals surface area contributed by atoms with Crippen molar-refractivity contribution in [2.24, 2.45) is 0 Å². The molecule has 0 aliphatic heterocycles. The molecule has 2 nitrogen and oxygen atoms in total. The Hall–Kier alpha value is -0.890. The maximum Gasteiger partial charge on any atom is 0.163 e. The lowest BCUT2D eigenvalue weighted by Crippen LogP contribution is -2.16. The normalized spacial score (nSPS) is 12.9. The van der Waals surface area contributed by atoms with E-state index in [9.17, 15) is 10.2 Å². The van der Waals surface area contributed by atoms with Crippen LogP contribution in [0.1, 0.15) is 52.7 Å². The molecule has 0 amide bonds. The van der Waals surface area contributed by atoms with E-state index in [4.69, 9.17) is 11.6 Å². The van der Waals surface area contributed by atoms with E-state index in [0.717, 1.165) is 0 Å². The van der Waals surface area contributed by atoms with Gasteiger partial charge in [-0.1, -0.05) is 53.1 Å². The smallest absolute Gasteiger partial charge is 0.163 e. The van der Waals surface area contributed by atoms with Gasteiger partial charge < -0.3 is 10.2 Å². The lowest BCUT2D eigenvalue weighted by Gasteiger charge is -2.27. The van der Waals surface area contributed by atoms with Crippen molar-refractivity contribution in [1.29, 1.82) is 0 Å². The maximum absolute atomic E-state index is 10.1. The highest BCUT2D eigenvalue weighted by Gasteiger charge is 2.29. The van der Waals surface area contributed by atoms with Gasteiger partial charge in [-0.25, -0.2) is 0 Å². The molecule has 0 saturated heterocycles. The average molecular weight is 257 g/mol. The number of hydrogen-bond donors (Lipinski definition) is 2. The highest BCUT2D eigenvalue weighted by molar-refractivity contribution is 6.31. The van der Waals surface area contributed by atoms with E-state index in [-0.39, 0.29) is 22.3 Å². The van der Waals surface area contributed by atoms with Crippen LogP contribution >= 0.6 is 11.6 Å². The van der Waals surface area contributed by atoms with Crippen molar-refractivity contribution in [3.05, 3.63) is 22.2 Å². The third-order valence-electron chi connectivity index (χ3n) is 2.78. The highest BCUT2D eigenvalue weighted by atomic mass is 35.5. The number of hydrogen-bond acceptors (Lipinski definition) is 2. The van der Waals surface area contributed by atoms with Crippen molar-refractivity contribution in [1.82, 2.24) is 0 Å². The predicted octanol–water partition coefficient (Wildman–Crippen LogP) is 4.35. The van der Waals surface area contributed by atoms with Crippen molar-refractivity contribution < 1.29 is 10.2 Å². The molecule has 3 heteroatoms. The number of aromatic hydroxyl groups is 2. The molecule has 17 heavy (non-hydrogen) atoms. The highest BCUT2D eigenvalue weighted by Crippen LogP contribution is 2.46. The first-order valence-electron chi connectivity index (χ1n) is 5.71. The van der Waals surface area contributed by atoms with Gasteiger partial charge in [0.15, 0.2) is 11.5 Å². The molecule has 0 spiro atoms. The van der Waals surface area contributed by atoms with Gasteiger partial charge in [0, 0.05) is 16.1 Å². The number of benzene rings is 1. The molecule has 1 rings (SSSR count). The monoisotopic (exact) mass is 256 g/mol. The summed E-state index contributed by atoms with van der Waals surface area (Å²) in [4.78, 5) is 0. The summed E-state index contributed by atoms with van der Waals surface area (Å²) in [7, 11) is 0. The second kappa shape index (κ2) is 4.09. The van der Waals surface area contributed by atoms with E-state index in [0.29, 0.717) is 16.1 Å². The Morgan fingerprint density at radius 3 is 1.71 bits per heavy atom. The standard InChI is InChI=1S/C14H21ClO2/c1-13(2,3)8-7-9(15)10(14(4,5)6)12(17)11(8)16/h7,16-17H,1-6H3. The summed E-state index contributed by atoms with van der Waals surface area (Å²) < 4.78 is 0. The molecule has 0 atom stereocenters. The number of halogens is 1. The van der Waals surface area contributed by atoms with Gasteiger partial charge in [0.2, 0.25) is 0 Å². The molecule has 0 aromatic heterocycles. The molecule has 96 valence electrons. The fourth-order valence-electron chi connectivity index (χ4n) is 1.91. The quantitative estimate of drug-likeness (QED) is 0.678. The van der Waals surface area contributed by atoms with Crippen molar-refractivity contribution in [3.63, 3.8) is 0 Å². The Morgan fingerprint density at radius 2 is 1.35 bits per heavy atom. The first kappa shape index (κ1) is 14.2. The minimum atomic E-state index is -0.310. The SMILES string of the molecule is CC(C)(C)c1cc(Cl)c(C(C)(C)C)c(O)c1O. The molecule has 0 bridgehead atoms. The first-order valence-corrected chi connectivity index (χ1v) is 6.09. The van der Waals surface area contributed by atoms with Crippen molar-refractivity contribution in [3.8, 4) is 11.5 Å². The van der Waals surface area contributed by atoms with Crippen LogP contribution in [0, 0.1) is 0 Å². The lowest BCUT2D eigenvalue weighted by atomic mass is 9.81. The molecule has 0 fully saturated rings. The number of rotatable bonds is 0. The summed E-state index contributed by atoms with van der Waals surface area (Å²) in [5.74, 6) is -0.165. The summed E-state index contributed by atoms with van der Waals surface area (Å²) in [6.45, 7) is 11.7. The molecule has 0 unspecified atom stereocenters. The minimum absolute atomic E-state index is 0.0631. The van der Waals surface area contributed by atoms with Crippen LogP contribution in [-0.4, -0.2) is 10.2 Å². The molecule has 0 radical (unpaired) electrons. The average Bonchev–Trinajstić information content (AvgIpc) is 2.07. The molecular weight excluding hydrogens is 236 g/mol. The molecular formula is C14H21ClO2. The van der Waals surface area contributed by atoms with Crippen molar-refractivity contribution in [2.45, 2.75) is 52.4 Å². The summed E-state index contributed by atoms with van der Waals surface area (Å²) in [5.41, 5.74) is 0.675. The van der Waals surface area contributed by atoms with Crippen LogP contribution in [0.15, 0.2) is 6.07 Å². The zero-order valence-corrected chi connectivity index (χ0v) is 12.1. The molecule has 0 aliphatic carbocycles. The van der Waals surface area contributed by atoms with Crippen LogP contribution in [-0.2, 0) is 10.8 Å². The maximum atomic E-state index is 10.1. The van der Waals surface area contributed by atoms with Gasteiger partial charge in [0.25, 0.3) is 0 Å². The van der Waals surface area contributed by atoms with Crippen LogP contribution in [0.2, 0.25) is 5.02 Å².